The monoisotopic (exact) mass is 320 g/mol. The number of rotatable bonds is 6. The van der Waals surface area contributed by atoms with Crippen LogP contribution in [0.15, 0.2) is 29.3 Å². The Hall–Kier alpha value is -1.95. The Labute approximate surface area is 138 Å². The van der Waals surface area contributed by atoms with Crippen molar-refractivity contribution in [1.29, 1.82) is 0 Å². The summed E-state index contributed by atoms with van der Waals surface area (Å²) in [6, 6.07) is 8.46. The molecule has 0 spiro atoms. The summed E-state index contributed by atoms with van der Waals surface area (Å²) >= 11 is 0. The van der Waals surface area contributed by atoms with E-state index in [0.29, 0.717) is 12.6 Å². The fourth-order valence-corrected chi connectivity index (χ4v) is 2.88. The van der Waals surface area contributed by atoms with Crippen LogP contribution in [0.5, 0.6) is 5.75 Å². The molecule has 1 aliphatic rings. The van der Waals surface area contributed by atoms with Gasteiger partial charge in [0.25, 0.3) is 0 Å². The third-order valence-corrected chi connectivity index (χ3v) is 3.90. The molecule has 0 aromatic heterocycles. The molecule has 0 aliphatic carbocycles. The van der Waals surface area contributed by atoms with Crippen molar-refractivity contribution in [1.82, 2.24) is 10.6 Å². The molecule has 0 radical (unpaired) electrons. The Balaban J connectivity index is 2.02. The van der Waals surface area contributed by atoms with Crippen molar-refractivity contribution in [2.45, 2.75) is 25.8 Å². The number of methoxy groups -OCH3 is 1. The quantitative estimate of drug-likeness (QED) is 0.543. The van der Waals surface area contributed by atoms with Crippen LogP contribution in [-0.4, -0.2) is 57.0 Å². The average molecular weight is 320 g/mol. The zero-order valence-electron chi connectivity index (χ0n) is 14.1. The van der Waals surface area contributed by atoms with Crippen molar-refractivity contribution in [3.8, 4) is 5.75 Å². The van der Waals surface area contributed by atoms with Crippen molar-refractivity contribution in [3.05, 3.63) is 24.3 Å². The van der Waals surface area contributed by atoms with Crippen molar-refractivity contribution in [2.24, 2.45) is 4.99 Å². The first kappa shape index (κ1) is 17.4. The van der Waals surface area contributed by atoms with E-state index in [1.54, 1.807) is 7.11 Å². The zero-order chi connectivity index (χ0) is 16.5. The molecule has 1 saturated heterocycles. The van der Waals surface area contributed by atoms with E-state index < -0.39 is 0 Å². The summed E-state index contributed by atoms with van der Waals surface area (Å²) < 4.78 is 5.48. The maximum absolute atomic E-state index is 8.95. The minimum Gasteiger partial charge on any atom is -0.495 e. The van der Waals surface area contributed by atoms with Gasteiger partial charge in [0, 0.05) is 25.7 Å². The normalized spacial score (nSPS) is 18.7. The smallest absolute Gasteiger partial charge is 0.191 e. The Morgan fingerprint density at radius 1 is 1.43 bits per heavy atom. The van der Waals surface area contributed by atoms with E-state index in [1.807, 2.05) is 25.1 Å². The van der Waals surface area contributed by atoms with Crippen LogP contribution >= 0.6 is 0 Å². The van der Waals surface area contributed by atoms with E-state index in [9.17, 15) is 0 Å². The highest BCUT2D eigenvalue weighted by Crippen LogP contribution is 2.29. The summed E-state index contributed by atoms with van der Waals surface area (Å²) in [5.74, 6) is 1.68. The van der Waals surface area contributed by atoms with Crippen LogP contribution in [0.1, 0.15) is 19.8 Å². The second-order valence-corrected chi connectivity index (χ2v) is 5.59. The van der Waals surface area contributed by atoms with Gasteiger partial charge in [-0.25, -0.2) is 0 Å². The number of benzene rings is 1. The molecule has 0 amide bonds. The summed E-state index contributed by atoms with van der Waals surface area (Å²) in [5, 5.41) is 15.7. The largest absolute Gasteiger partial charge is 0.495 e. The number of nitrogens with zero attached hydrogens (tertiary/aromatic N) is 2. The minimum absolute atomic E-state index is 0.0641. The van der Waals surface area contributed by atoms with E-state index in [4.69, 9.17) is 9.84 Å². The Morgan fingerprint density at radius 2 is 2.26 bits per heavy atom. The molecule has 3 N–H and O–H groups in total. The van der Waals surface area contributed by atoms with Crippen molar-refractivity contribution in [3.63, 3.8) is 0 Å². The first-order valence-corrected chi connectivity index (χ1v) is 8.32. The molecule has 1 aliphatic heterocycles. The Kier molecular flexibility index (Phi) is 7.00. The molecular formula is C17H28N4O2. The van der Waals surface area contributed by atoms with Crippen molar-refractivity contribution < 1.29 is 9.84 Å². The van der Waals surface area contributed by atoms with E-state index in [-0.39, 0.29) is 6.61 Å². The molecule has 1 fully saturated rings. The van der Waals surface area contributed by atoms with Crippen LogP contribution in [0.4, 0.5) is 5.69 Å². The van der Waals surface area contributed by atoms with Gasteiger partial charge in [0.2, 0.25) is 0 Å². The molecule has 2 rings (SSSR count). The predicted molar refractivity (Wildman–Crippen MR) is 94.4 cm³/mol. The second kappa shape index (κ2) is 9.25. The lowest BCUT2D eigenvalue weighted by atomic mass is 10.0. The average Bonchev–Trinajstić information content (AvgIpc) is 2.60. The summed E-state index contributed by atoms with van der Waals surface area (Å²) in [4.78, 5) is 6.72. The molecule has 1 aromatic rings. The molecule has 128 valence electrons. The van der Waals surface area contributed by atoms with Crippen LogP contribution < -0.4 is 20.3 Å². The van der Waals surface area contributed by atoms with Crippen LogP contribution in [0.2, 0.25) is 0 Å². The van der Waals surface area contributed by atoms with Gasteiger partial charge in [0.1, 0.15) is 5.75 Å². The minimum atomic E-state index is 0.0641. The maximum atomic E-state index is 8.95. The number of aliphatic hydroxyl groups excluding tert-OH is 1. The number of hydrogen-bond acceptors (Lipinski definition) is 4. The Bertz CT molecular complexity index is 507. The van der Waals surface area contributed by atoms with Gasteiger partial charge in [-0.2, -0.15) is 0 Å². The highest BCUT2D eigenvalue weighted by molar-refractivity contribution is 5.80. The SMILES string of the molecule is CCNC(=NCCO)NC1CCCN(c2ccccc2OC)C1. The van der Waals surface area contributed by atoms with Gasteiger partial charge in [-0.05, 0) is 31.9 Å². The molecule has 1 atom stereocenters. The maximum Gasteiger partial charge on any atom is 0.191 e. The van der Waals surface area contributed by atoms with Crippen LogP contribution in [0.25, 0.3) is 0 Å². The van der Waals surface area contributed by atoms with Gasteiger partial charge < -0.3 is 25.4 Å². The fraction of sp³-hybridized carbons (Fsp3) is 0.588. The Morgan fingerprint density at radius 3 is 3.00 bits per heavy atom. The van der Waals surface area contributed by atoms with E-state index in [2.05, 4.69) is 26.6 Å². The number of hydrogen-bond donors (Lipinski definition) is 3. The number of aliphatic imine (C=N–C) groups is 1. The van der Waals surface area contributed by atoms with Gasteiger partial charge in [-0.15, -0.1) is 0 Å². The van der Waals surface area contributed by atoms with Gasteiger partial charge in [0.05, 0.1) is 25.9 Å². The zero-order valence-corrected chi connectivity index (χ0v) is 14.1. The van der Waals surface area contributed by atoms with Gasteiger partial charge in [0.15, 0.2) is 5.96 Å². The topological polar surface area (TPSA) is 69.1 Å². The fourth-order valence-electron chi connectivity index (χ4n) is 2.88. The lowest BCUT2D eigenvalue weighted by molar-refractivity contribution is 0.306. The van der Waals surface area contributed by atoms with Gasteiger partial charge in [-0.3, -0.25) is 4.99 Å². The predicted octanol–water partition coefficient (Wildman–Crippen LogP) is 1.21. The molecule has 6 nitrogen and oxygen atoms in total. The first-order valence-electron chi connectivity index (χ1n) is 8.32. The van der Waals surface area contributed by atoms with Crippen LogP contribution in [0, 0.1) is 0 Å². The molecule has 0 bridgehead atoms. The van der Waals surface area contributed by atoms with E-state index >= 15 is 0 Å². The lowest BCUT2D eigenvalue weighted by Gasteiger charge is -2.36. The van der Waals surface area contributed by atoms with Crippen LogP contribution in [0.3, 0.4) is 0 Å². The number of para-hydroxylation sites is 2. The van der Waals surface area contributed by atoms with E-state index in [0.717, 1.165) is 49.9 Å². The number of guanidine groups is 1. The number of anilines is 1. The summed E-state index contributed by atoms with van der Waals surface area (Å²) in [6.45, 7) is 5.26. The van der Waals surface area contributed by atoms with Crippen LogP contribution in [-0.2, 0) is 0 Å². The van der Waals surface area contributed by atoms with Gasteiger partial charge >= 0.3 is 0 Å². The third kappa shape index (κ3) is 5.03. The van der Waals surface area contributed by atoms with Gasteiger partial charge in [-0.1, -0.05) is 12.1 Å². The van der Waals surface area contributed by atoms with E-state index in [1.165, 1.54) is 0 Å². The molecule has 1 aromatic carbocycles. The number of nitrogens with one attached hydrogen (secondary N) is 2. The molecule has 1 heterocycles. The number of ether oxygens (including phenoxy) is 1. The second-order valence-electron chi connectivity index (χ2n) is 5.59. The lowest BCUT2D eigenvalue weighted by Crippen LogP contribution is -2.51. The number of aliphatic hydroxyl groups is 1. The summed E-state index contributed by atoms with van der Waals surface area (Å²) in [6.07, 6.45) is 2.23. The highest BCUT2D eigenvalue weighted by atomic mass is 16.5. The summed E-state index contributed by atoms with van der Waals surface area (Å²) in [7, 11) is 1.71. The highest BCUT2D eigenvalue weighted by Gasteiger charge is 2.22. The molecular weight excluding hydrogens is 292 g/mol. The number of piperidine rings is 1. The third-order valence-electron chi connectivity index (χ3n) is 3.90. The standard InChI is InChI=1S/C17H28N4O2/c1-3-18-17(19-10-12-22)20-14-7-6-11-21(13-14)15-8-4-5-9-16(15)23-2/h4-5,8-9,14,22H,3,6-7,10-13H2,1-2H3,(H2,18,19,20). The molecule has 6 heteroatoms. The van der Waals surface area contributed by atoms with Crippen molar-refractivity contribution in [2.75, 3.05) is 44.8 Å². The molecule has 1 unspecified atom stereocenters. The summed E-state index contributed by atoms with van der Waals surface area (Å²) in [5.41, 5.74) is 1.14. The van der Waals surface area contributed by atoms with Crippen molar-refractivity contribution >= 4 is 11.6 Å². The first-order chi connectivity index (χ1) is 11.3. The molecule has 23 heavy (non-hydrogen) atoms. The molecule has 0 saturated carbocycles.